The van der Waals surface area contributed by atoms with Crippen LogP contribution >= 0.6 is 0 Å². The molecule has 11 nitrogen and oxygen atoms in total. The van der Waals surface area contributed by atoms with Crippen LogP contribution in [0.1, 0.15) is 21.9 Å². The number of aromatic nitrogens is 1. The molecule has 2 bridgehead atoms. The Morgan fingerprint density at radius 3 is 2.53 bits per heavy atom. The summed E-state index contributed by atoms with van der Waals surface area (Å²) in [4.78, 5) is 37.6. The lowest BCUT2D eigenvalue weighted by Crippen LogP contribution is -2.44. The van der Waals surface area contributed by atoms with Crippen LogP contribution in [0.3, 0.4) is 0 Å². The van der Waals surface area contributed by atoms with Crippen LogP contribution in [0.15, 0.2) is 34.9 Å². The van der Waals surface area contributed by atoms with Gasteiger partial charge < -0.3 is 30.0 Å². The zero-order valence-electron chi connectivity index (χ0n) is 17.8. The Morgan fingerprint density at radius 2 is 1.91 bits per heavy atom. The molecule has 0 unspecified atom stereocenters. The van der Waals surface area contributed by atoms with E-state index in [-0.39, 0.29) is 19.0 Å². The number of primary amides is 1. The maximum absolute atomic E-state index is 11.8. The van der Waals surface area contributed by atoms with Gasteiger partial charge in [0.05, 0.1) is 31.4 Å². The molecule has 1 amide bonds. The molecule has 0 radical (unpaired) electrons. The van der Waals surface area contributed by atoms with E-state index in [2.05, 4.69) is 14.8 Å². The van der Waals surface area contributed by atoms with E-state index >= 15 is 0 Å². The first-order chi connectivity index (χ1) is 15.4. The van der Waals surface area contributed by atoms with Crippen LogP contribution in [-0.4, -0.2) is 77.8 Å². The highest BCUT2D eigenvalue weighted by Gasteiger charge is 2.35. The summed E-state index contributed by atoms with van der Waals surface area (Å²) in [7, 11) is 0. The predicted octanol–water partition coefficient (Wildman–Crippen LogP) is 0.821. The summed E-state index contributed by atoms with van der Waals surface area (Å²) in [5, 5.41) is 13.8. The molecule has 32 heavy (non-hydrogen) atoms. The zero-order chi connectivity index (χ0) is 23.5. The molecule has 2 fully saturated rings. The van der Waals surface area contributed by atoms with Gasteiger partial charge in [0.25, 0.3) is 18.9 Å². The van der Waals surface area contributed by atoms with Crippen molar-refractivity contribution in [3.05, 3.63) is 47.5 Å². The standard InChI is InChI=1S/C19H24N4O3.2CH2O2/c1-13-4-5-16(26-13)10-22-7-14-8-23(9-15(22)12-25-11-14)19-17(18(20)24)3-2-6-21-19;2*2-1-3/h2-6,14-15H,7-12H2,1H3,(H2,20,24);2*1H,(H,2,3)/t14-,15+;;/m1../s1. The maximum Gasteiger partial charge on any atom is 0.290 e. The molecule has 0 aliphatic carbocycles. The van der Waals surface area contributed by atoms with Crippen LogP contribution in [0.5, 0.6) is 0 Å². The monoisotopic (exact) mass is 448 g/mol. The van der Waals surface area contributed by atoms with E-state index in [4.69, 9.17) is 34.7 Å². The van der Waals surface area contributed by atoms with E-state index in [9.17, 15) is 4.79 Å². The van der Waals surface area contributed by atoms with Gasteiger partial charge in [0.15, 0.2) is 0 Å². The van der Waals surface area contributed by atoms with E-state index in [1.807, 2.05) is 19.1 Å². The average molecular weight is 448 g/mol. The minimum Gasteiger partial charge on any atom is -0.483 e. The first kappa shape index (κ1) is 24.8. The number of furan rings is 1. The van der Waals surface area contributed by atoms with Crippen LogP contribution < -0.4 is 10.6 Å². The van der Waals surface area contributed by atoms with Gasteiger partial charge in [-0.15, -0.1) is 0 Å². The molecule has 4 rings (SSSR count). The second kappa shape index (κ2) is 12.4. The molecule has 2 atom stereocenters. The number of ether oxygens (including phenoxy) is 1. The van der Waals surface area contributed by atoms with Crippen molar-refractivity contribution < 1.29 is 33.8 Å². The number of amides is 1. The lowest BCUT2D eigenvalue weighted by molar-refractivity contribution is -0.123. The Balaban J connectivity index is 0.000000547. The fourth-order valence-corrected chi connectivity index (χ4v) is 3.91. The SMILES string of the molecule is Cc1ccc(CN2C[C@H]3COC[C@@H]2CN(c2ncccc2C(N)=O)C3)o1.O=CO.O=CO. The molecule has 0 aromatic carbocycles. The van der Waals surface area contributed by atoms with Crippen molar-refractivity contribution in [3.8, 4) is 0 Å². The number of nitrogens with two attached hydrogens (primary N) is 1. The molecule has 4 heterocycles. The van der Waals surface area contributed by atoms with Crippen molar-refractivity contribution in [1.82, 2.24) is 9.88 Å². The minimum atomic E-state index is -0.443. The Morgan fingerprint density at radius 1 is 1.19 bits per heavy atom. The average Bonchev–Trinajstić information content (AvgIpc) is 2.95. The van der Waals surface area contributed by atoms with Gasteiger partial charge in [-0.2, -0.15) is 0 Å². The molecule has 0 spiro atoms. The fourth-order valence-electron chi connectivity index (χ4n) is 3.91. The maximum atomic E-state index is 11.8. The van der Waals surface area contributed by atoms with Crippen molar-refractivity contribution in [3.63, 3.8) is 0 Å². The first-order valence-corrected chi connectivity index (χ1v) is 9.96. The van der Waals surface area contributed by atoms with E-state index in [0.717, 1.165) is 37.7 Å². The smallest absolute Gasteiger partial charge is 0.290 e. The largest absolute Gasteiger partial charge is 0.483 e. The molecule has 2 saturated heterocycles. The van der Waals surface area contributed by atoms with Crippen LogP contribution in [0.4, 0.5) is 5.82 Å². The van der Waals surface area contributed by atoms with Gasteiger partial charge in [0.2, 0.25) is 0 Å². The highest BCUT2D eigenvalue weighted by Crippen LogP contribution is 2.26. The number of carbonyl (C=O) groups is 3. The Labute approximate surface area is 185 Å². The summed E-state index contributed by atoms with van der Waals surface area (Å²) < 4.78 is 11.7. The normalized spacial score (nSPS) is 20.0. The van der Waals surface area contributed by atoms with Gasteiger partial charge in [0.1, 0.15) is 17.3 Å². The quantitative estimate of drug-likeness (QED) is 0.571. The molecule has 0 saturated carbocycles. The summed E-state index contributed by atoms with van der Waals surface area (Å²) in [5.74, 6) is 2.46. The van der Waals surface area contributed by atoms with Crippen LogP contribution in [0, 0.1) is 12.8 Å². The number of hydrogen-bond acceptors (Lipinski definition) is 8. The van der Waals surface area contributed by atoms with E-state index in [1.165, 1.54) is 0 Å². The number of carboxylic acid groups (broad SMARTS) is 2. The number of nitrogens with zero attached hydrogens (tertiary/aromatic N) is 3. The van der Waals surface area contributed by atoms with Gasteiger partial charge in [-0.25, -0.2) is 4.98 Å². The third-order valence-electron chi connectivity index (χ3n) is 5.09. The molecule has 174 valence electrons. The lowest BCUT2D eigenvalue weighted by Gasteiger charge is -2.32. The lowest BCUT2D eigenvalue weighted by atomic mass is 10.1. The third kappa shape index (κ3) is 6.79. The summed E-state index contributed by atoms with van der Waals surface area (Å²) in [5.41, 5.74) is 6.03. The first-order valence-electron chi connectivity index (χ1n) is 9.96. The Hall–Kier alpha value is -3.44. The predicted molar refractivity (Wildman–Crippen MR) is 114 cm³/mol. The number of aryl methyl sites for hydroxylation is 1. The van der Waals surface area contributed by atoms with E-state index in [1.54, 1.807) is 18.3 Å². The molecule has 11 heteroatoms. The summed E-state index contributed by atoms with van der Waals surface area (Å²) >= 11 is 0. The van der Waals surface area contributed by atoms with Crippen LogP contribution in [-0.2, 0) is 20.9 Å². The summed E-state index contributed by atoms with van der Waals surface area (Å²) in [6.07, 6.45) is 1.71. The van der Waals surface area contributed by atoms with Gasteiger partial charge >= 0.3 is 0 Å². The second-order valence-corrected chi connectivity index (χ2v) is 7.35. The van der Waals surface area contributed by atoms with Crippen molar-refractivity contribution in [2.24, 2.45) is 11.7 Å². The van der Waals surface area contributed by atoms with E-state index < -0.39 is 5.91 Å². The van der Waals surface area contributed by atoms with Crippen molar-refractivity contribution in [1.29, 1.82) is 0 Å². The molecule has 4 N–H and O–H groups in total. The highest BCUT2D eigenvalue weighted by atomic mass is 16.5. The second-order valence-electron chi connectivity index (χ2n) is 7.35. The van der Waals surface area contributed by atoms with Gasteiger partial charge in [-0.1, -0.05) is 0 Å². The van der Waals surface area contributed by atoms with Crippen LogP contribution in [0.2, 0.25) is 0 Å². The number of rotatable bonds is 4. The van der Waals surface area contributed by atoms with Crippen molar-refractivity contribution in [2.45, 2.75) is 19.5 Å². The molecule has 2 aliphatic heterocycles. The van der Waals surface area contributed by atoms with Gasteiger partial charge in [-0.3, -0.25) is 19.3 Å². The van der Waals surface area contributed by atoms with E-state index in [0.29, 0.717) is 30.5 Å². The van der Waals surface area contributed by atoms with Crippen molar-refractivity contribution >= 4 is 24.7 Å². The summed E-state index contributed by atoms with van der Waals surface area (Å²) in [6.45, 7) is 6.05. The minimum absolute atomic E-state index is 0.204. The van der Waals surface area contributed by atoms with Crippen molar-refractivity contribution in [2.75, 3.05) is 37.7 Å². The molecule has 2 aromatic rings. The number of pyridine rings is 1. The topological polar surface area (TPSA) is 159 Å². The molecule has 2 aromatic heterocycles. The fraction of sp³-hybridized carbons (Fsp3) is 0.429. The number of fused-ring (bicyclic) bond motifs is 3. The summed E-state index contributed by atoms with van der Waals surface area (Å²) in [6, 6.07) is 7.72. The highest BCUT2D eigenvalue weighted by molar-refractivity contribution is 5.97. The molecule has 2 aliphatic rings. The molecular formula is C21H28N4O7. The van der Waals surface area contributed by atoms with Crippen LogP contribution in [0.25, 0.3) is 0 Å². The Bertz CT molecular complexity index is 883. The third-order valence-corrected chi connectivity index (χ3v) is 5.09. The molecular weight excluding hydrogens is 420 g/mol. The van der Waals surface area contributed by atoms with Gasteiger partial charge in [-0.05, 0) is 31.2 Å². The number of hydrogen-bond donors (Lipinski definition) is 3. The zero-order valence-corrected chi connectivity index (χ0v) is 17.8. The van der Waals surface area contributed by atoms with Gasteiger partial charge in [0, 0.05) is 31.7 Å². The number of anilines is 1. The Kier molecular flexibility index (Phi) is 9.64. The number of carbonyl (C=O) groups excluding carboxylic acids is 1.